The van der Waals surface area contributed by atoms with Gasteiger partial charge < -0.3 is 10.4 Å². The highest BCUT2D eigenvalue weighted by Crippen LogP contribution is 2.21. The lowest BCUT2D eigenvalue weighted by molar-refractivity contribution is 0.0692. The van der Waals surface area contributed by atoms with Crippen molar-refractivity contribution in [3.8, 4) is 0 Å². The molecule has 2 rings (SSSR count). The molecule has 16 heavy (non-hydrogen) atoms. The van der Waals surface area contributed by atoms with Crippen LogP contribution >= 0.6 is 22.7 Å². The number of nitrogens with zero attached hydrogens (tertiary/aromatic N) is 2. The van der Waals surface area contributed by atoms with E-state index in [0.29, 0.717) is 11.5 Å². The van der Waals surface area contributed by atoms with E-state index in [1.165, 1.54) is 16.8 Å². The average molecular weight is 255 g/mol. The summed E-state index contributed by atoms with van der Waals surface area (Å²) >= 11 is 2.86. The molecule has 0 saturated heterocycles. The summed E-state index contributed by atoms with van der Waals surface area (Å²) in [6.45, 7) is 2.51. The molecule has 0 aliphatic heterocycles. The zero-order valence-corrected chi connectivity index (χ0v) is 10.1. The third-order valence-electron chi connectivity index (χ3n) is 1.84. The van der Waals surface area contributed by atoms with Gasteiger partial charge in [0.1, 0.15) is 10.0 Å². The maximum Gasteiger partial charge on any atom is 0.357 e. The molecule has 0 aromatic carbocycles. The molecule has 0 spiro atoms. The Morgan fingerprint density at radius 3 is 3.00 bits per heavy atom. The Morgan fingerprint density at radius 1 is 1.56 bits per heavy atom. The molecule has 2 aromatic rings. The highest BCUT2D eigenvalue weighted by Gasteiger charge is 2.13. The van der Waals surface area contributed by atoms with Crippen LogP contribution in [0.15, 0.2) is 11.7 Å². The summed E-state index contributed by atoms with van der Waals surface area (Å²) in [6.07, 6.45) is 1.80. The normalized spacial score (nSPS) is 10.3. The highest BCUT2D eigenvalue weighted by atomic mass is 32.1. The lowest BCUT2D eigenvalue weighted by Crippen LogP contribution is -2.04. The zero-order valence-electron chi connectivity index (χ0n) is 8.43. The summed E-state index contributed by atoms with van der Waals surface area (Å²) in [7, 11) is 0. The van der Waals surface area contributed by atoms with E-state index in [9.17, 15) is 4.79 Å². The Bertz CT molecular complexity index is 506. The van der Waals surface area contributed by atoms with Crippen molar-refractivity contribution in [2.45, 2.75) is 13.5 Å². The third kappa shape index (κ3) is 2.37. The van der Waals surface area contributed by atoms with E-state index in [1.54, 1.807) is 17.5 Å². The van der Waals surface area contributed by atoms with E-state index >= 15 is 0 Å². The molecule has 2 N–H and O–H groups in total. The Balaban J connectivity index is 2.04. The fourth-order valence-electron chi connectivity index (χ4n) is 1.16. The van der Waals surface area contributed by atoms with Gasteiger partial charge in [-0.05, 0) is 6.92 Å². The molecular formula is C9H9N3O2S2. The van der Waals surface area contributed by atoms with Crippen LogP contribution < -0.4 is 5.32 Å². The van der Waals surface area contributed by atoms with Crippen LogP contribution in [-0.4, -0.2) is 21.0 Å². The number of rotatable bonds is 4. The Labute approximate surface area is 99.8 Å². The Kier molecular flexibility index (Phi) is 3.16. The molecule has 84 valence electrons. The van der Waals surface area contributed by atoms with Crippen molar-refractivity contribution in [2.75, 3.05) is 5.32 Å². The number of carboxylic acid groups (broad SMARTS) is 1. The minimum absolute atomic E-state index is 0.0679. The Morgan fingerprint density at radius 2 is 2.38 bits per heavy atom. The summed E-state index contributed by atoms with van der Waals surface area (Å²) in [5, 5.41) is 13.4. The molecule has 0 unspecified atom stereocenters. The number of aromatic nitrogens is 2. The second kappa shape index (κ2) is 4.58. The van der Waals surface area contributed by atoms with Crippen molar-refractivity contribution in [2.24, 2.45) is 0 Å². The van der Waals surface area contributed by atoms with Crippen molar-refractivity contribution in [1.29, 1.82) is 0 Å². The fourth-order valence-corrected chi connectivity index (χ4v) is 2.56. The average Bonchev–Trinajstić information content (AvgIpc) is 2.83. The molecule has 0 atom stereocenters. The van der Waals surface area contributed by atoms with Crippen molar-refractivity contribution in [3.05, 3.63) is 27.3 Å². The summed E-state index contributed by atoms with van der Waals surface area (Å²) in [4.78, 5) is 19.9. The van der Waals surface area contributed by atoms with Crippen LogP contribution in [0.1, 0.15) is 20.4 Å². The van der Waals surface area contributed by atoms with E-state index in [-0.39, 0.29) is 5.69 Å². The highest BCUT2D eigenvalue weighted by molar-refractivity contribution is 7.14. The minimum Gasteiger partial charge on any atom is -0.476 e. The SMILES string of the molecule is Cc1cnc(CNc2scnc2C(=O)O)s1. The quantitative estimate of drug-likeness (QED) is 0.876. The predicted molar refractivity (Wildman–Crippen MR) is 63.3 cm³/mol. The van der Waals surface area contributed by atoms with Crippen LogP contribution in [0.5, 0.6) is 0 Å². The number of carboxylic acids is 1. The van der Waals surface area contributed by atoms with Gasteiger partial charge in [-0.3, -0.25) is 0 Å². The number of hydrogen-bond acceptors (Lipinski definition) is 6. The van der Waals surface area contributed by atoms with Gasteiger partial charge in [0.2, 0.25) is 0 Å². The Hall–Kier alpha value is -1.47. The fraction of sp³-hybridized carbons (Fsp3) is 0.222. The standard InChI is InChI=1S/C9H9N3O2S2/c1-5-2-10-6(16-5)3-11-8-7(9(13)14)12-4-15-8/h2,4,11H,3H2,1H3,(H,13,14). The largest absolute Gasteiger partial charge is 0.476 e. The molecule has 0 amide bonds. The molecule has 0 fully saturated rings. The lowest BCUT2D eigenvalue weighted by Gasteiger charge is -2.00. The zero-order chi connectivity index (χ0) is 11.5. The summed E-state index contributed by atoms with van der Waals surface area (Å²) in [5.41, 5.74) is 1.58. The molecule has 0 bridgehead atoms. The van der Waals surface area contributed by atoms with Crippen LogP contribution in [0, 0.1) is 6.92 Å². The monoisotopic (exact) mass is 255 g/mol. The number of carbonyl (C=O) groups is 1. The summed E-state index contributed by atoms with van der Waals surface area (Å²) in [6, 6.07) is 0. The van der Waals surface area contributed by atoms with Gasteiger partial charge in [0.25, 0.3) is 0 Å². The molecule has 0 saturated carbocycles. The molecule has 5 nitrogen and oxygen atoms in total. The topological polar surface area (TPSA) is 75.1 Å². The van der Waals surface area contributed by atoms with E-state index in [2.05, 4.69) is 15.3 Å². The predicted octanol–water partition coefficient (Wildman–Crippen LogP) is 2.22. The number of aryl methyl sites for hydroxylation is 1. The van der Waals surface area contributed by atoms with Gasteiger partial charge >= 0.3 is 5.97 Å². The van der Waals surface area contributed by atoms with Crippen LogP contribution in [0.3, 0.4) is 0 Å². The van der Waals surface area contributed by atoms with E-state index in [0.717, 1.165) is 9.88 Å². The summed E-state index contributed by atoms with van der Waals surface area (Å²) < 4.78 is 0. The van der Waals surface area contributed by atoms with Crippen LogP contribution in [0.25, 0.3) is 0 Å². The smallest absolute Gasteiger partial charge is 0.357 e. The molecular weight excluding hydrogens is 246 g/mol. The van der Waals surface area contributed by atoms with Crippen molar-refractivity contribution in [1.82, 2.24) is 9.97 Å². The van der Waals surface area contributed by atoms with E-state index in [4.69, 9.17) is 5.11 Å². The van der Waals surface area contributed by atoms with Crippen molar-refractivity contribution >= 4 is 33.6 Å². The number of hydrogen-bond donors (Lipinski definition) is 2. The maximum absolute atomic E-state index is 10.8. The first-order valence-electron chi connectivity index (χ1n) is 4.49. The van der Waals surface area contributed by atoms with Gasteiger partial charge in [0.15, 0.2) is 5.69 Å². The van der Waals surface area contributed by atoms with Gasteiger partial charge in [-0.1, -0.05) is 0 Å². The molecule has 7 heteroatoms. The first-order chi connectivity index (χ1) is 7.66. The van der Waals surface area contributed by atoms with Gasteiger partial charge in [0, 0.05) is 11.1 Å². The van der Waals surface area contributed by atoms with Crippen LogP contribution in [0.4, 0.5) is 5.00 Å². The summed E-state index contributed by atoms with van der Waals surface area (Å²) in [5.74, 6) is -1.01. The van der Waals surface area contributed by atoms with Crippen molar-refractivity contribution in [3.63, 3.8) is 0 Å². The first kappa shape index (κ1) is 11.0. The lowest BCUT2D eigenvalue weighted by atomic mass is 10.4. The van der Waals surface area contributed by atoms with Gasteiger partial charge in [-0.25, -0.2) is 14.8 Å². The van der Waals surface area contributed by atoms with E-state index in [1.807, 2.05) is 6.92 Å². The third-order valence-corrected chi connectivity index (χ3v) is 3.54. The molecule has 2 aromatic heterocycles. The van der Waals surface area contributed by atoms with Crippen molar-refractivity contribution < 1.29 is 9.90 Å². The number of aromatic carboxylic acids is 1. The van der Waals surface area contributed by atoms with E-state index < -0.39 is 5.97 Å². The number of anilines is 1. The van der Waals surface area contributed by atoms with Gasteiger partial charge in [-0.2, -0.15) is 0 Å². The molecule has 0 radical (unpaired) electrons. The molecule has 0 aliphatic rings. The van der Waals surface area contributed by atoms with Crippen LogP contribution in [-0.2, 0) is 6.54 Å². The number of nitrogens with one attached hydrogen (secondary N) is 1. The molecule has 0 aliphatic carbocycles. The van der Waals surface area contributed by atoms with Gasteiger partial charge in [-0.15, -0.1) is 22.7 Å². The minimum atomic E-state index is -1.01. The second-order valence-corrected chi connectivity index (χ2v) is 5.23. The second-order valence-electron chi connectivity index (χ2n) is 3.05. The maximum atomic E-state index is 10.8. The molecule has 2 heterocycles. The van der Waals surface area contributed by atoms with Gasteiger partial charge in [0.05, 0.1) is 12.1 Å². The number of thiazole rings is 2. The van der Waals surface area contributed by atoms with Crippen LogP contribution in [0.2, 0.25) is 0 Å². The first-order valence-corrected chi connectivity index (χ1v) is 6.18.